The fourth-order valence-electron chi connectivity index (χ4n) is 4.88. The number of carbonyl (C=O) groups excluding carboxylic acids is 1. The molecule has 10 unspecified atom stereocenters. The van der Waals surface area contributed by atoms with Crippen LogP contribution in [0.1, 0.15) is 22.8 Å². The summed E-state index contributed by atoms with van der Waals surface area (Å²) in [4.78, 5) is 44.0. The van der Waals surface area contributed by atoms with Gasteiger partial charge in [-0.05, 0) is 6.07 Å². The Kier molecular flexibility index (Phi) is 10.7. The van der Waals surface area contributed by atoms with E-state index in [-0.39, 0.29) is 11.2 Å². The molecule has 2 fully saturated rings. The summed E-state index contributed by atoms with van der Waals surface area (Å²) in [7, 11) is -10.8. The van der Waals surface area contributed by atoms with Gasteiger partial charge in [-0.25, -0.2) is 24.1 Å². The van der Waals surface area contributed by atoms with Crippen molar-refractivity contribution in [1.82, 2.24) is 19.5 Å². The molecule has 11 N–H and O–H groups in total. The molecule has 5 rings (SSSR count). The van der Waals surface area contributed by atoms with Crippen LogP contribution < -0.4 is 21.4 Å². The summed E-state index contributed by atoms with van der Waals surface area (Å²) in [5, 5.41) is 44.9. The molecule has 2 saturated heterocycles. The van der Waals surface area contributed by atoms with E-state index in [0.29, 0.717) is 24.4 Å². The molecule has 258 valence electrons. The normalized spacial score (nSPS) is 30.3. The molecule has 3 aromatic heterocycles. The number of phosphoric ester groups is 2. The highest BCUT2D eigenvalue weighted by Crippen LogP contribution is 2.60. The van der Waals surface area contributed by atoms with E-state index >= 15 is 0 Å². The number of imidazole rings is 1. The first-order valence-corrected chi connectivity index (χ1v) is 16.8. The topological polar surface area (TPSA) is 330 Å². The monoisotopic (exact) mass is 707 g/mol. The highest BCUT2D eigenvalue weighted by atomic mass is 31.3. The number of amides is 1. The Hall–Kier alpha value is -3.05. The minimum absolute atomic E-state index is 0.0694. The van der Waals surface area contributed by atoms with Gasteiger partial charge in [-0.2, -0.15) is 8.88 Å². The minimum atomic E-state index is -5.38. The van der Waals surface area contributed by atoms with Crippen LogP contribution in [0.15, 0.2) is 37.2 Å². The van der Waals surface area contributed by atoms with Crippen LogP contribution in [0.3, 0.4) is 0 Å². The van der Waals surface area contributed by atoms with E-state index in [9.17, 15) is 44.1 Å². The van der Waals surface area contributed by atoms with Crippen LogP contribution in [0.2, 0.25) is 0 Å². The van der Waals surface area contributed by atoms with E-state index in [2.05, 4.69) is 24.6 Å². The lowest BCUT2D eigenvalue weighted by Gasteiger charge is -2.20. The third-order valence-electron chi connectivity index (χ3n) is 7.15. The smallest absolute Gasteiger partial charge is 0.387 e. The number of hydrogen-bond acceptors (Lipinski definition) is 17. The van der Waals surface area contributed by atoms with Gasteiger partial charge in [0.15, 0.2) is 41.7 Å². The number of nitrogens with one attached hydrogen (secondary N) is 1. The minimum Gasteiger partial charge on any atom is -0.387 e. The van der Waals surface area contributed by atoms with Crippen LogP contribution in [0.4, 0.5) is 5.82 Å². The summed E-state index contributed by atoms with van der Waals surface area (Å²) in [6, 6.07) is 2.84. The number of fused-ring (bicyclic) bond motifs is 1. The third-order valence-corrected chi connectivity index (χ3v) is 9.76. The number of primary amides is 1. The van der Waals surface area contributed by atoms with Gasteiger partial charge < -0.3 is 56.5 Å². The predicted molar refractivity (Wildman–Crippen MR) is 153 cm³/mol. The van der Waals surface area contributed by atoms with Gasteiger partial charge in [0.05, 0.1) is 19.5 Å². The maximum atomic E-state index is 12.5. The summed E-state index contributed by atoms with van der Waals surface area (Å²) < 4.78 is 52.4. The zero-order chi connectivity index (χ0) is 34.1. The summed E-state index contributed by atoms with van der Waals surface area (Å²) in [5.41, 5.74) is 11.4. The van der Waals surface area contributed by atoms with Gasteiger partial charge in [0.2, 0.25) is 0 Å². The molecule has 0 aliphatic carbocycles. The van der Waals surface area contributed by atoms with Gasteiger partial charge >= 0.3 is 15.6 Å². The standard InChI is InChI=1S/C23H32N8O14P2/c24-3-4-26-20-14-21(28-9-27-20)31(10-29-14)23-18(35)16(33)13(44-23)8-42-47(39,40)45-46(37,38)41-7-12-15(32)17(34)22(43-12)30-5-1-2-11(6-30)19(25)36/h1-2,5-6,9-10,12-13,15-18,22-23,32-35H,3-4,7-8,24H2,(H4-,25,26,27,28,36,37,38,39,40)/p+1. The largest absolute Gasteiger partial charge is 0.481 e. The number of ether oxygens (including phenoxy) is 2. The van der Waals surface area contributed by atoms with Crippen LogP contribution in [-0.4, -0.2) is 119 Å². The molecule has 10 atom stereocenters. The van der Waals surface area contributed by atoms with E-state index < -0.39 is 83.8 Å². The van der Waals surface area contributed by atoms with E-state index in [4.69, 9.17) is 30.0 Å². The number of pyridine rings is 1. The van der Waals surface area contributed by atoms with Crippen molar-refractivity contribution in [2.75, 3.05) is 31.6 Å². The van der Waals surface area contributed by atoms with Crippen LogP contribution in [0.25, 0.3) is 11.2 Å². The number of aliphatic hydroxyl groups excluding tert-OH is 4. The van der Waals surface area contributed by atoms with Gasteiger partial charge in [-0.3, -0.25) is 18.4 Å². The van der Waals surface area contributed by atoms with Crippen LogP contribution in [-0.2, 0) is 32.0 Å². The molecule has 0 spiro atoms. The van der Waals surface area contributed by atoms with Gasteiger partial charge in [0.1, 0.15) is 42.4 Å². The molecule has 0 aromatic carbocycles. The lowest BCUT2D eigenvalue weighted by Crippen LogP contribution is -2.46. The van der Waals surface area contributed by atoms with E-state index in [1.807, 2.05) is 0 Å². The number of aromatic nitrogens is 5. The number of aliphatic hydroxyl groups is 4. The molecule has 2 aliphatic rings. The molecule has 0 bridgehead atoms. The number of anilines is 1. The van der Waals surface area contributed by atoms with Gasteiger partial charge in [-0.1, -0.05) is 0 Å². The molecule has 24 heteroatoms. The first-order valence-electron chi connectivity index (χ1n) is 13.8. The lowest BCUT2D eigenvalue weighted by atomic mass is 10.1. The van der Waals surface area contributed by atoms with Crippen molar-refractivity contribution in [2.45, 2.75) is 49.1 Å². The number of rotatable bonds is 14. The number of phosphoric acid groups is 2. The molecule has 1 amide bonds. The molecule has 5 heterocycles. The Morgan fingerprint density at radius 1 is 1.00 bits per heavy atom. The number of carbonyl (C=O) groups is 1. The van der Waals surface area contributed by atoms with Crippen molar-refractivity contribution in [1.29, 1.82) is 0 Å². The van der Waals surface area contributed by atoms with Gasteiger partial charge in [0, 0.05) is 19.2 Å². The Morgan fingerprint density at radius 2 is 1.66 bits per heavy atom. The number of nitrogens with zero attached hydrogens (tertiary/aromatic N) is 5. The highest BCUT2D eigenvalue weighted by Gasteiger charge is 2.50. The zero-order valence-corrected chi connectivity index (χ0v) is 25.9. The quantitative estimate of drug-likeness (QED) is 0.0587. The molecule has 2 aliphatic heterocycles. The van der Waals surface area contributed by atoms with Crippen LogP contribution in [0, 0.1) is 0 Å². The molecule has 0 saturated carbocycles. The summed E-state index contributed by atoms with van der Waals surface area (Å²) in [6.07, 6.45) is -6.71. The highest BCUT2D eigenvalue weighted by molar-refractivity contribution is 7.61. The van der Waals surface area contributed by atoms with E-state index in [0.717, 1.165) is 0 Å². The van der Waals surface area contributed by atoms with Crippen molar-refractivity contribution in [3.8, 4) is 0 Å². The molecule has 22 nitrogen and oxygen atoms in total. The maximum Gasteiger partial charge on any atom is 0.481 e. The fraction of sp³-hybridized carbons (Fsp3) is 0.522. The molecule has 47 heavy (non-hydrogen) atoms. The maximum absolute atomic E-state index is 12.5. The Labute approximate surface area is 264 Å². The molecular weight excluding hydrogens is 674 g/mol. The lowest BCUT2D eigenvalue weighted by molar-refractivity contribution is -0.765. The van der Waals surface area contributed by atoms with Gasteiger partial charge in [0.25, 0.3) is 12.1 Å². The average Bonchev–Trinajstić information content (AvgIpc) is 3.67. The molecular formula is C23H33N8O14P2+. The summed E-state index contributed by atoms with van der Waals surface area (Å²) in [6.45, 7) is -1.09. The number of nitrogens with two attached hydrogens (primary N) is 2. The van der Waals surface area contributed by atoms with Gasteiger partial charge in [-0.15, -0.1) is 0 Å². The summed E-state index contributed by atoms with van der Waals surface area (Å²) in [5.74, 6) is -0.404. The zero-order valence-electron chi connectivity index (χ0n) is 24.1. The first kappa shape index (κ1) is 35.3. The molecule has 3 aromatic rings. The van der Waals surface area contributed by atoms with Crippen molar-refractivity contribution in [3.05, 3.63) is 42.7 Å². The third kappa shape index (κ3) is 7.82. The second-order valence-corrected chi connectivity index (χ2v) is 13.4. The summed E-state index contributed by atoms with van der Waals surface area (Å²) >= 11 is 0. The average molecular weight is 708 g/mol. The fourth-order valence-corrected chi connectivity index (χ4v) is 6.97. The second kappa shape index (κ2) is 14.2. The van der Waals surface area contributed by atoms with Crippen molar-refractivity contribution < 1.29 is 71.5 Å². The molecule has 0 radical (unpaired) electrons. The van der Waals surface area contributed by atoms with Crippen molar-refractivity contribution in [3.63, 3.8) is 0 Å². The first-order chi connectivity index (χ1) is 22.2. The Balaban J connectivity index is 1.16. The SMILES string of the molecule is NCCNc1ncnc2c1ncn2C1OC(COP(=O)(O)OP(=O)(O)OCC2OC([n+]3cccc(C(N)=O)c3)C(O)C2O)C(O)C1O. The van der Waals surface area contributed by atoms with Crippen molar-refractivity contribution >= 4 is 38.5 Å². The Bertz CT molecular complexity index is 1680. The van der Waals surface area contributed by atoms with Crippen molar-refractivity contribution in [2.24, 2.45) is 11.5 Å². The van der Waals surface area contributed by atoms with Crippen LogP contribution >= 0.6 is 15.6 Å². The van der Waals surface area contributed by atoms with Crippen LogP contribution in [0.5, 0.6) is 0 Å². The predicted octanol–water partition coefficient (Wildman–Crippen LogP) is -3.23. The Morgan fingerprint density at radius 3 is 2.32 bits per heavy atom. The second-order valence-electron chi connectivity index (χ2n) is 10.4. The van der Waals surface area contributed by atoms with E-state index in [1.165, 1.54) is 46.3 Å². The van der Waals surface area contributed by atoms with E-state index in [1.54, 1.807) is 0 Å². The number of hydrogen-bond donors (Lipinski definition) is 9.